The lowest BCUT2D eigenvalue weighted by Gasteiger charge is -2.18. The number of nitrogens with zero attached hydrogens (tertiary/aromatic N) is 4. The van der Waals surface area contributed by atoms with Crippen molar-refractivity contribution in [3.63, 3.8) is 0 Å². The maximum absolute atomic E-state index is 12.6. The number of rotatable bonds is 3. The van der Waals surface area contributed by atoms with Crippen molar-refractivity contribution in [2.75, 3.05) is 13.6 Å². The number of carbonyl (C=O) groups excluding carboxylic acids is 1. The number of amides is 1. The zero-order valence-electron chi connectivity index (χ0n) is 12.5. The highest BCUT2D eigenvalue weighted by Gasteiger charge is 2.28. The number of benzene rings is 1. The summed E-state index contributed by atoms with van der Waals surface area (Å²) in [5.41, 5.74) is 3.63. The fourth-order valence-corrected chi connectivity index (χ4v) is 3.72. The standard InChI is InChI=1S/C16H16N4OS/c1-19(9-5-8-17)16(21)14-12-10-22-13-7-4-3-6-11(13)15(12)20(2)18-14/h3-4,6-7H,5,9-10H2,1-2H3. The van der Waals surface area contributed by atoms with Crippen molar-refractivity contribution < 1.29 is 4.79 Å². The molecule has 0 spiro atoms. The van der Waals surface area contributed by atoms with Crippen LogP contribution in [0.25, 0.3) is 11.3 Å². The third-order valence-electron chi connectivity index (χ3n) is 3.77. The van der Waals surface area contributed by atoms with E-state index in [4.69, 9.17) is 5.26 Å². The molecule has 0 bridgehead atoms. The third kappa shape index (κ3) is 2.38. The van der Waals surface area contributed by atoms with Crippen molar-refractivity contribution in [2.45, 2.75) is 17.1 Å². The first-order valence-corrected chi connectivity index (χ1v) is 8.02. The number of aromatic nitrogens is 2. The molecule has 0 saturated heterocycles. The summed E-state index contributed by atoms with van der Waals surface area (Å²) in [6, 6.07) is 10.2. The molecule has 5 nitrogen and oxygen atoms in total. The summed E-state index contributed by atoms with van der Waals surface area (Å²) in [5, 5.41) is 13.1. The Hall–Kier alpha value is -2.26. The van der Waals surface area contributed by atoms with Crippen LogP contribution in [0.1, 0.15) is 22.5 Å². The van der Waals surface area contributed by atoms with Gasteiger partial charge in [0.1, 0.15) is 0 Å². The predicted molar refractivity (Wildman–Crippen MR) is 85.4 cm³/mol. The van der Waals surface area contributed by atoms with Gasteiger partial charge in [0.05, 0.1) is 18.2 Å². The van der Waals surface area contributed by atoms with Gasteiger partial charge in [0.2, 0.25) is 0 Å². The summed E-state index contributed by atoms with van der Waals surface area (Å²) in [6.45, 7) is 0.421. The largest absolute Gasteiger partial charge is 0.339 e. The van der Waals surface area contributed by atoms with Crippen LogP contribution in [0.3, 0.4) is 0 Å². The number of hydrogen-bond donors (Lipinski definition) is 0. The van der Waals surface area contributed by atoms with Crippen molar-refractivity contribution in [1.29, 1.82) is 5.26 Å². The molecule has 22 heavy (non-hydrogen) atoms. The van der Waals surface area contributed by atoms with Crippen molar-refractivity contribution in [2.24, 2.45) is 7.05 Å². The lowest BCUT2D eigenvalue weighted by Crippen LogP contribution is -2.28. The van der Waals surface area contributed by atoms with Crippen LogP contribution in [0.5, 0.6) is 0 Å². The Kier molecular flexibility index (Phi) is 3.90. The summed E-state index contributed by atoms with van der Waals surface area (Å²) in [6.07, 6.45) is 0.328. The minimum Gasteiger partial charge on any atom is -0.339 e. The zero-order valence-corrected chi connectivity index (χ0v) is 13.4. The van der Waals surface area contributed by atoms with E-state index in [1.165, 1.54) is 4.90 Å². The van der Waals surface area contributed by atoms with E-state index in [1.807, 2.05) is 19.2 Å². The Balaban J connectivity index is 2.01. The van der Waals surface area contributed by atoms with Crippen LogP contribution in [-0.4, -0.2) is 34.2 Å². The molecule has 0 unspecified atom stereocenters. The fraction of sp³-hybridized carbons (Fsp3) is 0.312. The molecule has 0 radical (unpaired) electrons. The number of thioether (sulfide) groups is 1. The summed E-state index contributed by atoms with van der Waals surface area (Å²) < 4.78 is 1.79. The third-order valence-corrected chi connectivity index (χ3v) is 4.87. The number of carbonyl (C=O) groups is 1. The molecule has 1 amide bonds. The molecular formula is C16H16N4OS. The van der Waals surface area contributed by atoms with Gasteiger partial charge >= 0.3 is 0 Å². The van der Waals surface area contributed by atoms with Gasteiger partial charge in [-0.2, -0.15) is 10.4 Å². The van der Waals surface area contributed by atoms with Gasteiger partial charge in [-0.15, -0.1) is 11.8 Å². The molecule has 0 fully saturated rings. The molecule has 112 valence electrons. The molecule has 2 heterocycles. The Labute approximate surface area is 133 Å². The average Bonchev–Trinajstić information content (AvgIpc) is 2.89. The molecule has 0 N–H and O–H groups in total. The summed E-state index contributed by atoms with van der Waals surface area (Å²) >= 11 is 1.73. The monoisotopic (exact) mass is 312 g/mol. The van der Waals surface area contributed by atoms with Crippen molar-refractivity contribution in [3.05, 3.63) is 35.5 Å². The van der Waals surface area contributed by atoms with Crippen LogP contribution in [0.2, 0.25) is 0 Å². The van der Waals surface area contributed by atoms with E-state index in [1.54, 1.807) is 28.4 Å². The molecule has 0 aliphatic carbocycles. The van der Waals surface area contributed by atoms with Gasteiger partial charge < -0.3 is 4.90 Å². The van der Waals surface area contributed by atoms with Crippen LogP contribution in [0.4, 0.5) is 0 Å². The van der Waals surface area contributed by atoms with Gasteiger partial charge in [-0.3, -0.25) is 9.48 Å². The molecule has 2 aromatic rings. The normalized spacial score (nSPS) is 12.2. The Morgan fingerprint density at radius 3 is 3.05 bits per heavy atom. The number of hydrogen-bond acceptors (Lipinski definition) is 4. The van der Waals surface area contributed by atoms with Gasteiger partial charge in [0.25, 0.3) is 5.91 Å². The van der Waals surface area contributed by atoms with Gasteiger partial charge in [-0.05, 0) is 6.07 Å². The van der Waals surface area contributed by atoms with E-state index in [-0.39, 0.29) is 5.91 Å². The van der Waals surface area contributed by atoms with Gasteiger partial charge in [0, 0.05) is 42.4 Å². The number of nitriles is 1. The number of aryl methyl sites for hydroxylation is 1. The highest BCUT2D eigenvalue weighted by Crippen LogP contribution is 2.42. The van der Waals surface area contributed by atoms with Gasteiger partial charge in [-0.1, -0.05) is 18.2 Å². The second-order valence-electron chi connectivity index (χ2n) is 5.22. The van der Waals surface area contributed by atoms with Gasteiger partial charge in [0.15, 0.2) is 5.69 Å². The molecule has 0 saturated carbocycles. The topological polar surface area (TPSA) is 61.9 Å². The molecule has 6 heteroatoms. The smallest absolute Gasteiger partial charge is 0.274 e. The summed E-state index contributed by atoms with van der Waals surface area (Å²) in [5.74, 6) is 0.625. The average molecular weight is 312 g/mol. The maximum atomic E-state index is 12.6. The van der Waals surface area contributed by atoms with E-state index in [0.717, 1.165) is 22.6 Å². The first kappa shape index (κ1) is 14.7. The molecule has 1 aliphatic heterocycles. The lowest BCUT2D eigenvalue weighted by atomic mass is 10.1. The highest BCUT2D eigenvalue weighted by atomic mass is 32.2. The minimum absolute atomic E-state index is 0.118. The Morgan fingerprint density at radius 1 is 1.50 bits per heavy atom. The molecule has 1 aliphatic rings. The van der Waals surface area contributed by atoms with E-state index in [9.17, 15) is 4.79 Å². The van der Waals surface area contributed by atoms with E-state index < -0.39 is 0 Å². The summed E-state index contributed by atoms with van der Waals surface area (Å²) in [7, 11) is 3.59. The first-order chi connectivity index (χ1) is 10.6. The van der Waals surface area contributed by atoms with E-state index in [2.05, 4.69) is 23.3 Å². The minimum atomic E-state index is -0.118. The lowest BCUT2D eigenvalue weighted by molar-refractivity contribution is 0.0790. The van der Waals surface area contributed by atoms with Crippen LogP contribution in [-0.2, 0) is 12.8 Å². The zero-order chi connectivity index (χ0) is 15.7. The summed E-state index contributed by atoms with van der Waals surface area (Å²) in [4.78, 5) is 15.4. The van der Waals surface area contributed by atoms with Crippen LogP contribution >= 0.6 is 11.8 Å². The Bertz CT molecular complexity index is 775. The molecule has 1 aromatic carbocycles. The SMILES string of the molecule is CN(CCC#N)C(=O)c1nn(C)c2c1CSc1ccccc1-2. The van der Waals surface area contributed by atoms with Crippen molar-refractivity contribution in [3.8, 4) is 17.3 Å². The van der Waals surface area contributed by atoms with Crippen LogP contribution in [0.15, 0.2) is 29.2 Å². The fourth-order valence-electron chi connectivity index (χ4n) is 2.65. The molecule has 1 aromatic heterocycles. The second-order valence-corrected chi connectivity index (χ2v) is 6.24. The van der Waals surface area contributed by atoms with Crippen molar-refractivity contribution in [1.82, 2.24) is 14.7 Å². The van der Waals surface area contributed by atoms with E-state index in [0.29, 0.717) is 18.7 Å². The van der Waals surface area contributed by atoms with Crippen LogP contribution in [0, 0.1) is 11.3 Å². The first-order valence-electron chi connectivity index (χ1n) is 7.04. The molecular weight excluding hydrogens is 296 g/mol. The quantitative estimate of drug-likeness (QED) is 0.874. The number of fused-ring (bicyclic) bond motifs is 3. The predicted octanol–water partition coefficient (Wildman–Crippen LogP) is 2.68. The highest BCUT2D eigenvalue weighted by molar-refractivity contribution is 7.98. The van der Waals surface area contributed by atoms with E-state index >= 15 is 0 Å². The second kappa shape index (κ2) is 5.85. The molecule has 0 atom stereocenters. The van der Waals surface area contributed by atoms with Crippen molar-refractivity contribution >= 4 is 17.7 Å². The Morgan fingerprint density at radius 2 is 2.27 bits per heavy atom. The maximum Gasteiger partial charge on any atom is 0.274 e. The van der Waals surface area contributed by atoms with Crippen LogP contribution < -0.4 is 0 Å². The van der Waals surface area contributed by atoms with Gasteiger partial charge in [-0.25, -0.2) is 0 Å². The molecule has 3 rings (SSSR count).